The highest BCUT2D eigenvalue weighted by Crippen LogP contribution is 2.12. The molecule has 1 aromatic heterocycles. The normalized spacial score (nSPS) is 11.1. The Morgan fingerprint density at radius 3 is 2.62 bits per heavy atom. The van der Waals surface area contributed by atoms with Gasteiger partial charge in [-0.2, -0.15) is 8.78 Å². The molecule has 0 saturated carbocycles. The highest BCUT2D eigenvalue weighted by Gasteiger charge is 2.04. The largest absolute Gasteiger partial charge is 0.433 e. The molecule has 0 unspecified atom stereocenters. The molecule has 1 rings (SSSR count). The van der Waals surface area contributed by atoms with Gasteiger partial charge < -0.3 is 10.1 Å². The first-order valence-electron chi connectivity index (χ1n) is 5.18. The van der Waals surface area contributed by atoms with E-state index in [0.717, 1.165) is 12.2 Å². The molecule has 3 nitrogen and oxygen atoms in total. The van der Waals surface area contributed by atoms with Crippen LogP contribution in [0.1, 0.15) is 19.5 Å². The van der Waals surface area contributed by atoms with E-state index in [0.29, 0.717) is 12.5 Å². The fraction of sp³-hybridized carbons (Fsp3) is 0.545. The van der Waals surface area contributed by atoms with Crippen LogP contribution in [-0.2, 0) is 6.54 Å². The third-order valence-electron chi connectivity index (χ3n) is 1.88. The minimum absolute atomic E-state index is 0.0857. The molecule has 0 fully saturated rings. The Labute approximate surface area is 93.8 Å². The maximum Gasteiger partial charge on any atom is 0.387 e. The van der Waals surface area contributed by atoms with Crippen LogP contribution in [-0.4, -0.2) is 18.1 Å². The predicted molar refractivity (Wildman–Crippen MR) is 57.4 cm³/mol. The molecule has 0 aromatic carbocycles. The number of alkyl halides is 2. The molecule has 0 saturated heterocycles. The number of hydrogen-bond donors (Lipinski definition) is 1. The summed E-state index contributed by atoms with van der Waals surface area (Å²) < 4.78 is 27.9. The summed E-state index contributed by atoms with van der Waals surface area (Å²) in [7, 11) is 0. The monoisotopic (exact) mass is 230 g/mol. The third-order valence-corrected chi connectivity index (χ3v) is 1.88. The van der Waals surface area contributed by atoms with Gasteiger partial charge >= 0.3 is 6.61 Å². The number of nitrogens with one attached hydrogen (secondary N) is 1. The Morgan fingerprint density at radius 2 is 2.12 bits per heavy atom. The van der Waals surface area contributed by atoms with Crippen molar-refractivity contribution in [3.05, 3.63) is 24.0 Å². The highest BCUT2D eigenvalue weighted by molar-refractivity contribution is 5.19. The topological polar surface area (TPSA) is 34.1 Å². The summed E-state index contributed by atoms with van der Waals surface area (Å²) >= 11 is 0. The van der Waals surface area contributed by atoms with Gasteiger partial charge in [-0.25, -0.2) is 0 Å². The maximum atomic E-state index is 11.9. The standard InChI is InChI=1S/C11H16F2N2O/c1-8(2)5-14-6-9-3-4-10(7-15-9)16-11(12)13/h3-4,7-8,11,14H,5-6H2,1-2H3. The number of rotatable bonds is 6. The van der Waals surface area contributed by atoms with Gasteiger partial charge in [-0.1, -0.05) is 13.8 Å². The number of ether oxygens (including phenoxy) is 1. The van der Waals surface area contributed by atoms with Crippen molar-refractivity contribution < 1.29 is 13.5 Å². The van der Waals surface area contributed by atoms with Crippen LogP contribution in [0.4, 0.5) is 8.78 Å². The lowest BCUT2D eigenvalue weighted by molar-refractivity contribution is -0.0500. The second kappa shape index (κ2) is 6.37. The van der Waals surface area contributed by atoms with E-state index in [4.69, 9.17) is 0 Å². The van der Waals surface area contributed by atoms with Gasteiger partial charge in [0.05, 0.1) is 11.9 Å². The van der Waals surface area contributed by atoms with Crippen molar-refractivity contribution in [1.82, 2.24) is 10.3 Å². The van der Waals surface area contributed by atoms with Crippen molar-refractivity contribution in [2.24, 2.45) is 5.92 Å². The van der Waals surface area contributed by atoms with Gasteiger partial charge in [-0.05, 0) is 24.6 Å². The zero-order valence-corrected chi connectivity index (χ0v) is 9.41. The van der Waals surface area contributed by atoms with E-state index in [9.17, 15) is 8.78 Å². The molecule has 1 aromatic rings. The van der Waals surface area contributed by atoms with Crippen LogP contribution in [0.2, 0.25) is 0 Å². The Hall–Kier alpha value is -1.23. The molecule has 16 heavy (non-hydrogen) atoms. The zero-order chi connectivity index (χ0) is 12.0. The molecule has 1 heterocycles. The molecule has 90 valence electrons. The van der Waals surface area contributed by atoms with Crippen LogP contribution in [0.3, 0.4) is 0 Å². The van der Waals surface area contributed by atoms with E-state index in [2.05, 4.69) is 28.9 Å². The van der Waals surface area contributed by atoms with E-state index in [1.165, 1.54) is 12.3 Å². The molecule has 1 N–H and O–H groups in total. The Morgan fingerprint density at radius 1 is 1.38 bits per heavy atom. The zero-order valence-electron chi connectivity index (χ0n) is 9.41. The SMILES string of the molecule is CC(C)CNCc1ccc(OC(F)F)cn1. The quantitative estimate of drug-likeness (QED) is 0.815. The lowest BCUT2D eigenvalue weighted by atomic mass is 10.2. The van der Waals surface area contributed by atoms with E-state index < -0.39 is 6.61 Å². The lowest BCUT2D eigenvalue weighted by Crippen LogP contribution is -2.19. The van der Waals surface area contributed by atoms with Gasteiger partial charge in [0.2, 0.25) is 0 Å². The number of hydrogen-bond acceptors (Lipinski definition) is 3. The molecule has 0 aliphatic rings. The fourth-order valence-corrected chi connectivity index (χ4v) is 1.18. The molecule has 0 aliphatic carbocycles. The average Bonchev–Trinajstić information content (AvgIpc) is 2.19. The van der Waals surface area contributed by atoms with E-state index >= 15 is 0 Å². The minimum atomic E-state index is -2.80. The summed E-state index contributed by atoms with van der Waals surface area (Å²) in [6, 6.07) is 3.16. The van der Waals surface area contributed by atoms with Crippen LogP contribution < -0.4 is 10.1 Å². The first kappa shape index (κ1) is 12.8. The van der Waals surface area contributed by atoms with Crippen molar-refractivity contribution in [1.29, 1.82) is 0 Å². The highest BCUT2D eigenvalue weighted by atomic mass is 19.3. The number of pyridine rings is 1. The summed E-state index contributed by atoms with van der Waals surface area (Å²) in [4.78, 5) is 4.01. The van der Waals surface area contributed by atoms with Gasteiger partial charge in [0, 0.05) is 6.54 Å². The maximum absolute atomic E-state index is 11.9. The van der Waals surface area contributed by atoms with Crippen LogP contribution in [0, 0.1) is 5.92 Å². The molecule has 0 spiro atoms. The molecule has 0 amide bonds. The van der Waals surface area contributed by atoms with Gasteiger partial charge in [0.15, 0.2) is 0 Å². The second-order valence-electron chi connectivity index (χ2n) is 3.89. The van der Waals surface area contributed by atoms with Gasteiger partial charge in [0.1, 0.15) is 5.75 Å². The van der Waals surface area contributed by atoms with Crippen LogP contribution in [0.5, 0.6) is 5.75 Å². The van der Waals surface area contributed by atoms with Crippen molar-refractivity contribution in [2.75, 3.05) is 6.54 Å². The Bertz CT molecular complexity index is 301. The molecule has 0 aliphatic heterocycles. The van der Waals surface area contributed by atoms with E-state index in [-0.39, 0.29) is 5.75 Å². The van der Waals surface area contributed by atoms with Gasteiger partial charge in [-0.15, -0.1) is 0 Å². The van der Waals surface area contributed by atoms with Crippen LogP contribution in [0.15, 0.2) is 18.3 Å². The van der Waals surface area contributed by atoms with Crippen molar-refractivity contribution in [3.8, 4) is 5.75 Å². The summed E-state index contributed by atoms with van der Waals surface area (Å²) in [6.07, 6.45) is 1.30. The molecule has 0 bridgehead atoms. The molecular formula is C11H16F2N2O. The third kappa shape index (κ3) is 5.02. The summed E-state index contributed by atoms with van der Waals surface area (Å²) in [6.45, 7) is 2.95. The first-order valence-corrected chi connectivity index (χ1v) is 5.18. The van der Waals surface area contributed by atoms with Crippen molar-refractivity contribution in [2.45, 2.75) is 27.0 Å². The van der Waals surface area contributed by atoms with Gasteiger partial charge in [0.25, 0.3) is 0 Å². The molecular weight excluding hydrogens is 214 g/mol. The number of nitrogens with zero attached hydrogens (tertiary/aromatic N) is 1. The molecule has 0 radical (unpaired) electrons. The first-order chi connectivity index (χ1) is 7.58. The molecule has 5 heteroatoms. The predicted octanol–water partition coefficient (Wildman–Crippen LogP) is 2.43. The van der Waals surface area contributed by atoms with E-state index in [1.54, 1.807) is 6.07 Å². The number of aromatic nitrogens is 1. The summed E-state index contributed by atoms with van der Waals surface area (Å²) in [5.41, 5.74) is 0.808. The van der Waals surface area contributed by atoms with Crippen LogP contribution >= 0.6 is 0 Å². The summed E-state index contributed by atoms with van der Waals surface area (Å²) in [5.74, 6) is 0.657. The van der Waals surface area contributed by atoms with Crippen LogP contribution in [0.25, 0.3) is 0 Å². The lowest BCUT2D eigenvalue weighted by Gasteiger charge is -2.07. The molecule has 0 atom stereocenters. The number of halogens is 2. The van der Waals surface area contributed by atoms with E-state index in [1.807, 2.05) is 0 Å². The summed E-state index contributed by atoms with van der Waals surface area (Å²) in [5, 5.41) is 3.21. The average molecular weight is 230 g/mol. The second-order valence-corrected chi connectivity index (χ2v) is 3.89. The smallest absolute Gasteiger partial charge is 0.387 e. The van der Waals surface area contributed by atoms with Crippen molar-refractivity contribution >= 4 is 0 Å². The van der Waals surface area contributed by atoms with Crippen molar-refractivity contribution in [3.63, 3.8) is 0 Å². The Balaban J connectivity index is 2.39. The van der Waals surface area contributed by atoms with Gasteiger partial charge in [-0.3, -0.25) is 4.98 Å². The minimum Gasteiger partial charge on any atom is -0.433 e. The fourth-order valence-electron chi connectivity index (χ4n) is 1.18. The Kier molecular flexibility index (Phi) is 5.11.